The molecule has 0 fully saturated rings. The van der Waals surface area contributed by atoms with Gasteiger partial charge in [0, 0.05) is 0 Å². The van der Waals surface area contributed by atoms with E-state index in [1.165, 1.54) is 0 Å². The molecule has 0 spiro atoms. The molecule has 0 aromatic rings. The molecule has 0 radical (unpaired) electrons. The first-order valence-corrected chi connectivity index (χ1v) is 5.69. The molecule has 0 bridgehead atoms. The number of aliphatic carboxylic acids is 2. The minimum atomic E-state index is -0.923. The Morgan fingerprint density at radius 2 is 2.00 bits per heavy atom. The van der Waals surface area contributed by atoms with E-state index in [1.54, 1.807) is 6.92 Å². The van der Waals surface area contributed by atoms with Crippen LogP contribution >= 0.6 is 21.6 Å². The second-order valence-corrected chi connectivity index (χ2v) is 4.56. The Morgan fingerprint density at radius 3 is 2.33 bits per heavy atom. The molecule has 0 aromatic carbocycles. The molecule has 0 rings (SSSR count). The summed E-state index contributed by atoms with van der Waals surface area (Å²) < 4.78 is 0. The van der Waals surface area contributed by atoms with E-state index in [4.69, 9.17) is 10.2 Å². The van der Waals surface area contributed by atoms with Crippen molar-refractivity contribution in [2.75, 3.05) is 5.75 Å². The van der Waals surface area contributed by atoms with Crippen LogP contribution in [0.25, 0.3) is 0 Å². The lowest BCUT2D eigenvalue weighted by atomic mass is 10.3. The third-order valence-electron chi connectivity index (χ3n) is 1.01. The van der Waals surface area contributed by atoms with Crippen LogP contribution in [0.3, 0.4) is 0 Å². The van der Waals surface area contributed by atoms with Gasteiger partial charge in [0.1, 0.15) is 11.0 Å². The summed E-state index contributed by atoms with van der Waals surface area (Å²) in [5.74, 6) is -1.87. The van der Waals surface area contributed by atoms with E-state index in [-0.39, 0.29) is 5.75 Å². The van der Waals surface area contributed by atoms with Crippen molar-refractivity contribution in [1.29, 1.82) is 0 Å². The van der Waals surface area contributed by atoms with Crippen LogP contribution in [0.15, 0.2) is 0 Å². The van der Waals surface area contributed by atoms with Crippen molar-refractivity contribution < 1.29 is 19.8 Å². The Hall–Kier alpha value is -0.360. The van der Waals surface area contributed by atoms with E-state index in [0.29, 0.717) is 6.42 Å². The maximum atomic E-state index is 10.4. The summed E-state index contributed by atoms with van der Waals surface area (Å²) in [6.07, 6.45) is 0.507. The van der Waals surface area contributed by atoms with Gasteiger partial charge in [-0.3, -0.25) is 9.59 Å². The minimum Gasteiger partial charge on any atom is -0.481 e. The van der Waals surface area contributed by atoms with Crippen molar-refractivity contribution in [2.24, 2.45) is 0 Å². The fraction of sp³-hybridized carbons (Fsp3) is 0.667. The number of carbonyl (C=O) groups is 2. The van der Waals surface area contributed by atoms with E-state index >= 15 is 0 Å². The van der Waals surface area contributed by atoms with E-state index in [2.05, 4.69) is 0 Å². The third kappa shape index (κ3) is 5.31. The average Bonchev–Trinajstić information content (AvgIpc) is 1.96. The van der Waals surface area contributed by atoms with Crippen LogP contribution in [0.2, 0.25) is 0 Å². The van der Waals surface area contributed by atoms with Gasteiger partial charge in [0.15, 0.2) is 0 Å². The fourth-order valence-electron chi connectivity index (χ4n) is 0.450. The highest BCUT2D eigenvalue weighted by atomic mass is 33.1. The molecule has 0 saturated heterocycles. The molecule has 2 N–H and O–H groups in total. The van der Waals surface area contributed by atoms with Crippen molar-refractivity contribution in [1.82, 2.24) is 0 Å². The van der Waals surface area contributed by atoms with Gasteiger partial charge in [-0.1, -0.05) is 28.5 Å². The Kier molecular flexibility index (Phi) is 6.00. The lowest BCUT2D eigenvalue weighted by Gasteiger charge is -2.06. The molecular formula is C6H10O4S2. The fourth-order valence-corrected chi connectivity index (χ4v) is 2.66. The van der Waals surface area contributed by atoms with Gasteiger partial charge in [0.2, 0.25) is 0 Å². The number of hydrogen-bond acceptors (Lipinski definition) is 4. The highest BCUT2D eigenvalue weighted by Crippen LogP contribution is 2.28. The van der Waals surface area contributed by atoms with Gasteiger partial charge in [-0.25, -0.2) is 0 Å². The van der Waals surface area contributed by atoms with Crippen molar-refractivity contribution in [3.05, 3.63) is 0 Å². The molecule has 0 amide bonds. The molecule has 4 nitrogen and oxygen atoms in total. The molecule has 70 valence electrons. The van der Waals surface area contributed by atoms with E-state index in [0.717, 1.165) is 21.6 Å². The van der Waals surface area contributed by atoms with Crippen LogP contribution < -0.4 is 0 Å². The van der Waals surface area contributed by atoms with Crippen molar-refractivity contribution >= 4 is 33.5 Å². The predicted molar refractivity (Wildman–Crippen MR) is 49.4 cm³/mol. The summed E-state index contributed by atoms with van der Waals surface area (Å²) in [5, 5.41) is 16.3. The van der Waals surface area contributed by atoms with Gasteiger partial charge in [0.25, 0.3) is 0 Å². The summed E-state index contributed by atoms with van der Waals surface area (Å²) in [7, 11) is 2.15. The average molecular weight is 210 g/mol. The zero-order valence-electron chi connectivity index (χ0n) is 6.52. The lowest BCUT2D eigenvalue weighted by molar-refractivity contribution is -0.136. The van der Waals surface area contributed by atoms with Gasteiger partial charge in [0.05, 0.1) is 0 Å². The number of carboxylic acids is 2. The van der Waals surface area contributed by atoms with Gasteiger partial charge >= 0.3 is 11.9 Å². The summed E-state index contributed by atoms with van der Waals surface area (Å²) in [4.78, 5) is 20.5. The van der Waals surface area contributed by atoms with Crippen molar-refractivity contribution in [2.45, 2.75) is 18.6 Å². The highest BCUT2D eigenvalue weighted by Gasteiger charge is 2.15. The summed E-state index contributed by atoms with van der Waals surface area (Å²) in [5.41, 5.74) is 0. The smallest absolute Gasteiger partial charge is 0.317 e. The molecule has 1 unspecified atom stereocenters. The van der Waals surface area contributed by atoms with Crippen molar-refractivity contribution in [3.63, 3.8) is 0 Å². The van der Waals surface area contributed by atoms with Crippen LogP contribution in [-0.4, -0.2) is 33.2 Å². The quantitative estimate of drug-likeness (QED) is 0.644. The van der Waals surface area contributed by atoms with E-state index < -0.39 is 17.2 Å². The molecule has 0 aromatic heterocycles. The number of carboxylic acid groups (broad SMARTS) is 2. The molecule has 12 heavy (non-hydrogen) atoms. The number of hydrogen-bond donors (Lipinski definition) is 2. The van der Waals surface area contributed by atoms with Crippen LogP contribution in [0, 0.1) is 0 Å². The summed E-state index contributed by atoms with van der Waals surface area (Å²) >= 11 is 0. The topological polar surface area (TPSA) is 74.6 Å². The molecule has 6 heteroatoms. The van der Waals surface area contributed by atoms with Crippen LogP contribution in [0.1, 0.15) is 13.3 Å². The molecular weight excluding hydrogens is 200 g/mol. The van der Waals surface area contributed by atoms with Crippen molar-refractivity contribution in [3.8, 4) is 0 Å². The second-order valence-electron chi connectivity index (χ2n) is 1.99. The largest absolute Gasteiger partial charge is 0.481 e. The molecule has 0 aliphatic rings. The van der Waals surface area contributed by atoms with Crippen LogP contribution in [0.4, 0.5) is 0 Å². The molecule has 0 heterocycles. The minimum absolute atomic E-state index is 0.0611. The Labute approximate surface area is 78.1 Å². The summed E-state index contributed by atoms with van der Waals surface area (Å²) in [6.45, 7) is 1.76. The zero-order valence-corrected chi connectivity index (χ0v) is 8.15. The molecule has 1 atom stereocenters. The predicted octanol–water partition coefficient (Wildman–Crippen LogP) is 1.32. The monoisotopic (exact) mass is 210 g/mol. The van der Waals surface area contributed by atoms with Gasteiger partial charge in [-0.2, -0.15) is 0 Å². The Morgan fingerprint density at radius 1 is 1.42 bits per heavy atom. The van der Waals surface area contributed by atoms with E-state index in [1.807, 2.05) is 0 Å². The molecule has 0 aliphatic carbocycles. The van der Waals surface area contributed by atoms with Gasteiger partial charge in [-0.15, -0.1) is 0 Å². The highest BCUT2D eigenvalue weighted by molar-refractivity contribution is 8.77. The van der Waals surface area contributed by atoms with E-state index in [9.17, 15) is 9.59 Å². The third-order valence-corrected chi connectivity index (χ3v) is 3.74. The van der Waals surface area contributed by atoms with Crippen LogP contribution in [0.5, 0.6) is 0 Å². The Bertz CT molecular complexity index is 171. The van der Waals surface area contributed by atoms with Gasteiger partial charge in [-0.05, 0) is 6.42 Å². The SMILES string of the molecule is CCC(SSCC(=O)O)C(=O)O. The van der Waals surface area contributed by atoms with Gasteiger partial charge < -0.3 is 10.2 Å². The summed E-state index contributed by atoms with van der Waals surface area (Å²) in [6, 6.07) is 0. The standard InChI is InChI=1S/C6H10O4S2/c1-2-4(6(9)10)12-11-3-5(7)8/h4H,2-3H2,1H3,(H,7,8)(H,9,10). The zero-order chi connectivity index (χ0) is 9.56. The maximum absolute atomic E-state index is 10.4. The van der Waals surface area contributed by atoms with Crippen LogP contribution in [-0.2, 0) is 9.59 Å². The normalized spacial score (nSPS) is 12.4. The number of rotatable bonds is 6. The maximum Gasteiger partial charge on any atom is 0.317 e. The Balaban J connectivity index is 3.59. The first-order chi connectivity index (χ1) is 5.57. The lowest BCUT2D eigenvalue weighted by Crippen LogP contribution is -2.14. The molecule has 0 saturated carbocycles. The first-order valence-electron chi connectivity index (χ1n) is 3.30. The second kappa shape index (κ2) is 6.19. The first kappa shape index (κ1) is 11.6. The molecule has 0 aliphatic heterocycles.